The Bertz CT molecular complexity index is 1490. The Hall–Kier alpha value is -3.87. The number of fused-ring (bicyclic) bond motifs is 1. The quantitative estimate of drug-likeness (QED) is 0.272. The molecule has 0 spiro atoms. The van der Waals surface area contributed by atoms with Gasteiger partial charge in [0.1, 0.15) is 5.82 Å². The van der Waals surface area contributed by atoms with Gasteiger partial charge >= 0.3 is 0 Å². The maximum absolute atomic E-state index is 14.4. The Balaban J connectivity index is 1.33. The minimum absolute atomic E-state index is 0.132. The van der Waals surface area contributed by atoms with E-state index in [2.05, 4.69) is 5.32 Å². The van der Waals surface area contributed by atoms with Crippen molar-refractivity contribution in [2.75, 3.05) is 4.90 Å². The first kappa shape index (κ1) is 24.8. The van der Waals surface area contributed by atoms with Crippen LogP contribution in [0, 0.1) is 5.82 Å². The Morgan fingerprint density at radius 1 is 0.919 bits per heavy atom. The predicted octanol–water partition coefficient (Wildman–Crippen LogP) is 7.09. The summed E-state index contributed by atoms with van der Waals surface area (Å²) in [6.07, 6.45) is 1.80. The number of carbonyl (C=O) groups is 2. The zero-order chi connectivity index (χ0) is 25.8. The number of hydrogen-bond donors (Lipinski definition) is 1. The summed E-state index contributed by atoms with van der Waals surface area (Å²) in [5.41, 5.74) is 3.46. The van der Waals surface area contributed by atoms with E-state index >= 15 is 0 Å². The summed E-state index contributed by atoms with van der Waals surface area (Å²) in [7, 11) is 0. The molecule has 0 atom stereocenters. The van der Waals surface area contributed by atoms with Gasteiger partial charge in [-0.2, -0.15) is 0 Å². The number of hydrogen-bond acceptors (Lipinski definition) is 3. The smallest absolute Gasteiger partial charge is 0.265 e. The average Bonchev–Trinajstić information content (AvgIpc) is 2.92. The fourth-order valence-corrected chi connectivity index (χ4v) is 5.17. The second-order valence-electron chi connectivity index (χ2n) is 8.49. The normalized spacial score (nSPS) is 13.9. The Morgan fingerprint density at radius 3 is 2.38 bits per heavy atom. The van der Waals surface area contributed by atoms with Gasteiger partial charge in [0.15, 0.2) is 0 Å². The summed E-state index contributed by atoms with van der Waals surface area (Å²) < 4.78 is 14.4. The van der Waals surface area contributed by atoms with E-state index < -0.39 is 0 Å². The molecule has 7 heteroatoms. The van der Waals surface area contributed by atoms with Gasteiger partial charge in [0.05, 0.1) is 17.1 Å². The topological polar surface area (TPSA) is 49.4 Å². The number of rotatable bonds is 6. The van der Waals surface area contributed by atoms with Gasteiger partial charge < -0.3 is 10.2 Å². The van der Waals surface area contributed by atoms with E-state index in [0.29, 0.717) is 27.6 Å². The second-order valence-corrected chi connectivity index (χ2v) is 10.0. The molecule has 37 heavy (non-hydrogen) atoms. The largest absolute Gasteiger partial charge is 0.348 e. The van der Waals surface area contributed by atoms with Crippen LogP contribution in [0.2, 0.25) is 5.02 Å². The van der Waals surface area contributed by atoms with Gasteiger partial charge in [-0.25, -0.2) is 4.39 Å². The predicted molar refractivity (Wildman–Crippen MR) is 147 cm³/mol. The monoisotopic (exact) mass is 528 g/mol. The van der Waals surface area contributed by atoms with Crippen LogP contribution >= 0.6 is 23.4 Å². The zero-order valence-electron chi connectivity index (χ0n) is 19.7. The van der Waals surface area contributed by atoms with Gasteiger partial charge in [-0.3, -0.25) is 9.59 Å². The first-order valence-corrected chi connectivity index (χ1v) is 12.8. The lowest BCUT2D eigenvalue weighted by Crippen LogP contribution is -2.34. The van der Waals surface area contributed by atoms with E-state index in [9.17, 15) is 14.0 Å². The standard InChI is InChI=1S/C30H22ClFN2O2S/c31-24-15-11-21(12-16-24)18-33-29(35)22-13-9-20(10-14-22)17-28-30(36)34(19-23-5-1-2-6-25(23)32)26-7-3-4-8-27(26)37-28/h1-17H,18-19H2,(H,33,35). The van der Waals surface area contributed by atoms with E-state index in [4.69, 9.17) is 11.6 Å². The van der Waals surface area contributed by atoms with Crippen molar-refractivity contribution in [1.29, 1.82) is 0 Å². The molecule has 4 aromatic rings. The van der Waals surface area contributed by atoms with Crippen LogP contribution in [0.5, 0.6) is 0 Å². The molecule has 0 bridgehead atoms. The second kappa shape index (κ2) is 11.0. The van der Waals surface area contributed by atoms with Crippen LogP contribution in [-0.4, -0.2) is 11.8 Å². The summed E-state index contributed by atoms with van der Waals surface area (Å²) in [5, 5.41) is 3.54. The molecule has 1 aliphatic heterocycles. The van der Waals surface area contributed by atoms with Gasteiger partial charge in [0, 0.05) is 27.6 Å². The average molecular weight is 529 g/mol. The van der Waals surface area contributed by atoms with Crippen molar-refractivity contribution in [2.24, 2.45) is 0 Å². The number of carbonyl (C=O) groups excluding carboxylic acids is 2. The molecule has 4 nitrogen and oxygen atoms in total. The van der Waals surface area contributed by atoms with E-state index in [0.717, 1.165) is 21.7 Å². The number of halogens is 2. The van der Waals surface area contributed by atoms with Crippen LogP contribution in [0.1, 0.15) is 27.0 Å². The maximum atomic E-state index is 14.4. The fourth-order valence-electron chi connectivity index (χ4n) is 3.98. The minimum atomic E-state index is -0.346. The Morgan fingerprint density at radius 2 is 1.62 bits per heavy atom. The van der Waals surface area contributed by atoms with Crippen molar-refractivity contribution in [3.05, 3.63) is 135 Å². The highest BCUT2D eigenvalue weighted by atomic mass is 35.5. The molecular weight excluding hydrogens is 507 g/mol. The van der Waals surface area contributed by atoms with Gasteiger partial charge in [-0.1, -0.05) is 78.0 Å². The SMILES string of the molecule is O=C(NCc1ccc(Cl)cc1)c1ccc(C=C2Sc3ccccc3N(Cc3ccccc3F)C2=O)cc1. The van der Waals surface area contributed by atoms with Gasteiger partial charge in [0.25, 0.3) is 11.8 Å². The van der Waals surface area contributed by atoms with E-state index in [1.54, 1.807) is 65.6 Å². The number of nitrogens with zero attached hydrogens (tertiary/aromatic N) is 1. The molecule has 1 N–H and O–H groups in total. The molecule has 0 aromatic heterocycles. The minimum Gasteiger partial charge on any atom is -0.348 e. The van der Waals surface area contributed by atoms with Crippen molar-refractivity contribution < 1.29 is 14.0 Å². The molecule has 2 amide bonds. The van der Waals surface area contributed by atoms with Crippen molar-refractivity contribution in [2.45, 2.75) is 18.0 Å². The van der Waals surface area contributed by atoms with Crippen LogP contribution in [0.4, 0.5) is 10.1 Å². The molecule has 0 fully saturated rings. The van der Waals surface area contributed by atoms with Crippen LogP contribution in [0.25, 0.3) is 6.08 Å². The van der Waals surface area contributed by atoms with Gasteiger partial charge in [0.2, 0.25) is 0 Å². The van der Waals surface area contributed by atoms with Crippen molar-refractivity contribution >= 4 is 46.9 Å². The highest BCUT2D eigenvalue weighted by molar-refractivity contribution is 8.04. The number of thioether (sulfide) groups is 1. The van der Waals surface area contributed by atoms with E-state index in [1.807, 2.05) is 36.4 Å². The van der Waals surface area contributed by atoms with Crippen molar-refractivity contribution in [1.82, 2.24) is 5.32 Å². The molecule has 0 aliphatic carbocycles. The number of amides is 2. The molecule has 1 heterocycles. The fraction of sp³-hybridized carbons (Fsp3) is 0.0667. The third-order valence-corrected chi connectivity index (χ3v) is 7.28. The number of para-hydroxylation sites is 1. The number of nitrogens with one attached hydrogen (secondary N) is 1. The summed E-state index contributed by atoms with van der Waals surface area (Å²) in [6.45, 7) is 0.525. The van der Waals surface area contributed by atoms with E-state index in [1.165, 1.54) is 17.8 Å². The lowest BCUT2D eigenvalue weighted by atomic mass is 10.1. The third kappa shape index (κ3) is 5.77. The molecule has 0 saturated carbocycles. The molecule has 184 valence electrons. The van der Waals surface area contributed by atoms with Crippen molar-refractivity contribution in [3.8, 4) is 0 Å². The first-order valence-electron chi connectivity index (χ1n) is 11.6. The van der Waals surface area contributed by atoms with Crippen LogP contribution in [0.3, 0.4) is 0 Å². The molecule has 0 unspecified atom stereocenters. The summed E-state index contributed by atoms with van der Waals surface area (Å²) in [5.74, 6) is -0.736. The third-order valence-electron chi connectivity index (χ3n) is 5.96. The van der Waals surface area contributed by atoms with Crippen LogP contribution in [-0.2, 0) is 17.9 Å². The summed E-state index contributed by atoms with van der Waals surface area (Å²) >= 11 is 7.29. The van der Waals surface area contributed by atoms with Crippen molar-refractivity contribution in [3.63, 3.8) is 0 Å². The van der Waals surface area contributed by atoms with E-state index in [-0.39, 0.29) is 24.2 Å². The molecule has 0 saturated heterocycles. The Labute approximate surface area is 223 Å². The van der Waals surface area contributed by atoms with Crippen LogP contribution in [0.15, 0.2) is 107 Å². The van der Waals surface area contributed by atoms with Gasteiger partial charge in [-0.15, -0.1) is 0 Å². The molecular formula is C30H22ClFN2O2S. The molecule has 5 rings (SSSR count). The van der Waals surface area contributed by atoms with Gasteiger partial charge in [-0.05, 0) is 59.7 Å². The number of anilines is 1. The zero-order valence-corrected chi connectivity index (χ0v) is 21.2. The van der Waals surface area contributed by atoms with Crippen LogP contribution < -0.4 is 10.2 Å². The number of benzene rings is 4. The molecule has 0 radical (unpaired) electrons. The lowest BCUT2D eigenvalue weighted by molar-refractivity contribution is -0.114. The first-order chi connectivity index (χ1) is 18.0. The summed E-state index contributed by atoms with van der Waals surface area (Å²) in [4.78, 5) is 29.1. The molecule has 4 aromatic carbocycles. The molecule has 1 aliphatic rings. The highest BCUT2D eigenvalue weighted by Gasteiger charge is 2.29. The highest BCUT2D eigenvalue weighted by Crippen LogP contribution is 2.42. The Kier molecular flexibility index (Phi) is 7.40. The maximum Gasteiger partial charge on any atom is 0.265 e. The lowest BCUT2D eigenvalue weighted by Gasteiger charge is -2.30. The summed E-state index contributed by atoms with van der Waals surface area (Å²) in [6, 6.07) is 28.4.